The van der Waals surface area contributed by atoms with E-state index < -0.39 is 0 Å². The third-order valence-electron chi connectivity index (χ3n) is 7.38. The van der Waals surface area contributed by atoms with E-state index in [0.717, 1.165) is 49.7 Å². The highest BCUT2D eigenvalue weighted by Crippen LogP contribution is 2.39. The zero-order chi connectivity index (χ0) is 24.6. The number of amides is 1. The van der Waals surface area contributed by atoms with Crippen molar-refractivity contribution in [1.82, 2.24) is 10.3 Å². The number of unbranched alkanes of at least 4 members (excludes halogenated alkanes) is 1. The summed E-state index contributed by atoms with van der Waals surface area (Å²) in [4.78, 5) is 20.1. The van der Waals surface area contributed by atoms with Crippen LogP contribution in [0.5, 0.6) is 0 Å². The summed E-state index contributed by atoms with van der Waals surface area (Å²) in [6, 6.07) is 19.6. The number of rotatable bonds is 8. The largest absolute Gasteiger partial charge is 0.371 e. The third kappa shape index (κ3) is 6.38. The van der Waals surface area contributed by atoms with Crippen LogP contribution in [-0.4, -0.2) is 30.5 Å². The fraction of sp³-hybridized carbons (Fsp3) is 0.355. The molecule has 4 nitrogen and oxygen atoms in total. The summed E-state index contributed by atoms with van der Waals surface area (Å²) in [5.74, 6) is 1.82. The van der Waals surface area contributed by atoms with Crippen molar-refractivity contribution in [2.24, 2.45) is 5.92 Å². The van der Waals surface area contributed by atoms with Crippen molar-refractivity contribution in [2.75, 3.05) is 24.5 Å². The van der Waals surface area contributed by atoms with Crippen LogP contribution >= 0.6 is 11.8 Å². The molecule has 0 aliphatic carbocycles. The van der Waals surface area contributed by atoms with Crippen molar-refractivity contribution in [2.45, 2.75) is 49.2 Å². The Kier molecular flexibility index (Phi) is 8.39. The monoisotopic (exact) mass is 497 g/mol. The minimum Gasteiger partial charge on any atom is -0.371 e. The number of aromatic nitrogens is 1. The summed E-state index contributed by atoms with van der Waals surface area (Å²) in [7, 11) is 0. The SMILES string of the molecule is O=C(C=Cc1cccnc1)NCCCCC1CCN(c2cccc3c2Cc2ccccc2CS3)CC1. The lowest BCUT2D eigenvalue weighted by Gasteiger charge is -2.35. The Hall–Kier alpha value is -3.05. The molecular weight excluding hydrogens is 462 g/mol. The normalized spacial score (nSPS) is 15.8. The first-order valence-electron chi connectivity index (χ1n) is 13.2. The van der Waals surface area contributed by atoms with Crippen molar-refractivity contribution in [3.8, 4) is 0 Å². The number of benzene rings is 2. The molecule has 5 heteroatoms. The van der Waals surface area contributed by atoms with Crippen molar-refractivity contribution in [1.29, 1.82) is 0 Å². The molecule has 1 N–H and O–H groups in total. The van der Waals surface area contributed by atoms with Gasteiger partial charge in [-0.3, -0.25) is 9.78 Å². The van der Waals surface area contributed by atoms with Gasteiger partial charge in [-0.05, 0) is 71.7 Å². The molecule has 0 radical (unpaired) electrons. The lowest BCUT2D eigenvalue weighted by Crippen LogP contribution is -2.34. The van der Waals surface area contributed by atoms with E-state index in [0.29, 0.717) is 0 Å². The number of hydrogen-bond acceptors (Lipinski definition) is 4. The third-order valence-corrected chi connectivity index (χ3v) is 8.53. The van der Waals surface area contributed by atoms with Gasteiger partial charge in [-0.2, -0.15) is 0 Å². The molecule has 1 aromatic heterocycles. The molecule has 0 bridgehead atoms. The summed E-state index contributed by atoms with van der Waals surface area (Å²) in [6.07, 6.45) is 13.9. The van der Waals surface area contributed by atoms with Gasteiger partial charge in [0.15, 0.2) is 0 Å². The van der Waals surface area contributed by atoms with Crippen LogP contribution in [0.15, 0.2) is 78.0 Å². The van der Waals surface area contributed by atoms with E-state index in [-0.39, 0.29) is 5.91 Å². The van der Waals surface area contributed by atoms with Crippen molar-refractivity contribution in [3.05, 3.63) is 95.3 Å². The first kappa shape index (κ1) is 24.6. The maximum Gasteiger partial charge on any atom is 0.243 e. The Morgan fingerprint density at radius 2 is 1.89 bits per heavy atom. The summed E-state index contributed by atoms with van der Waals surface area (Å²) in [6.45, 7) is 3.02. The Balaban J connectivity index is 1.05. The zero-order valence-electron chi connectivity index (χ0n) is 20.9. The maximum absolute atomic E-state index is 12.0. The van der Waals surface area contributed by atoms with Gasteiger partial charge in [0.25, 0.3) is 0 Å². The van der Waals surface area contributed by atoms with E-state index in [2.05, 4.69) is 57.7 Å². The Morgan fingerprint density at radius 3 is 2.72 bits per heavy atom. The van der Waals surface area contributed by atoms with Gasteiger partial charge in [0.05, 0.1) is 0 Å². The highest BCUT2D eigenvalue weighted by Gasteiger charge is 2.23. The number of nitrogens with one attached hydrogen (secondary N) is 1. The van der Waals surface area contributed by atoms with E-state index >= 15 is 0 Å². The molecule has 3 heterocycles. The molecule has 1 fully saturated rings. The van der Waals surface area contributed by atoms with Gasteiger partial charge >= 0.3 is 0 Å². The maximum atomic E-state index is 12.0. The van der Waals surface area contributed by atoms with E-state index in [4.69, 9.17) is 0 Å². The van der Waals surface area contributed by atoms with E-state index in [1.54, 1.807) is 24.5 Å². The van der Waals surface area contributed by atoms with Gasteiger partial charge in [-0.25, -0.2) is 0 Å². The van der Waals surface area contributed by atoms with Crippen LogP contribution in [-0.2, 0) is 17.0 Å². The fourth-order valence-corrected chi connectivity index (χ4v) is 6.44. The smallest absolute Gasteiger partial charge is 0.243 e. The van der Waals surface area contributed by atoms with E-state index in [9.17, 15) is 4.79 Å². The van der Waals surface area contributed by atoms with Crippen molar-refractivity contribution >= 4 is 29.4 Å². The number of carbonyl (C=O) groups is 1. The molecule has 2 aromatic carbocycles. The number of thioether (sulfide) groups is 1. The molecule has 186 valence electrons. The van der Waals surface area contributed by atoms with Crippen LogP contribution in [0.3, 0.4) is 0 Å². The van der Waals surface area contributed by atoms with Crippen LogP contribution in [0.4, 0.5) is 5.69 Å². The Morgan fingerprint density at radius 1 is 1.03 bits per heavy atom. The second kappa shape index (κ2) is 12.3. The second-order valence-corrected chi connectivity index (χ2v) is 10.8. The Bertz CT molecular complexity index is 1190. The van der Waals surface area contributed by atoms with Crippen LogP contribution in [0.25, 0.3) is 6.08 Å². The Labute approximate surface area is 219 Å². The number of fused-ring (bicyclic) bond motifs is 2. The van der Waals surface area contributed by atoms with Crippen LogP contribution in [0.1, 0.15) is 54.4 Å². The first-order valence-corrected chi connectivity index (χ1v) is 14.2. The van der Waals surface area contributed by atoms with Crippen molar-refractivity contribution in [3.63, 3.8) is 0 Å². The summed E-state index contributed by atoms with van der Waals surface area (Å²) in [5, 5.41) is 3.00. The summed E-state index contributed by atoms with van der Waals surface area (Å²) >= 11 is 1.99. The number of pyridine rings is 1. The summed E-state index contributed by atoms with van der Waals surface area (Å²) < 4.78 is 0. The molecule has 5 rings (SSSR count). The minimum atomic E-state index is -0.0325. The number of hydrogen-bond donors (Lipinski definition) is 1. The fourth-order valence-electron chi connectivity index (χ4n) is 5.32. The van der Waals surface area contributed by atoms with Gasteiger partial charge < -0.3 is 10.2 Å². The van der Waals surface area contributed by atoms with E-state index in [1.807, 2.05) is 23.9 Å². The van der Waals surface area contributed by atoms with Gasteiger partial charge in [0.1, 0.15) is 0 Å². The predicted octanol–water partition coefficient (Wildman–Crippen LogP) is 6.49. The molecule has 1 amide bonds. The minimum absolute atomic E-state index is 0.0325. The average molecular weight is 498 g/mol. The second-order valence-electron chi connectivity index (χ2n) is 9.82. The standard InChI is InChI=1S/C31H35N3OS/c35-31(14-13-25-8-6-17-32-22-25)33-18-4-3-7-24-15-19-34(20-16-24)29-11-5-12-30-28(29)21-26-9-1-2-10-27(26)23-36-30/h1-2,5-6,8-14,17,22,24H,3-4,7,15-16,18-21,23H2,(H,33,35). The number of anilines is 1. The van der Waals surface area contributed by atoms with E-state index in [1.165, 1.54) is 53.0 Å². The van der Waals surface area contributed by atoms with Crippen LogP contribution in [0, 0.1) is 5.92 Å². The molecule has 0 spiro atoms. The highest BCUT2D eigenvalue weighted by atomic mass is 32.2. The molecule has 0 atom stereocenters. The topological polar surface area (TPSA) is 45.2 Å². The van der Waals surface area contributed by atoms with Crippen LogP contribution in [0.2, 0.25) is 0 Å². The van der Waals surface area contributed by atoms with Gasteiger partial charge in [-0.1, -0.05) is 49.2 Å². The predicted molar refractivity (Wildman–Crippen MR) is 150 cm³/mol. The zero-order valence-corrected chi connectivity index (χ0v) is 21.7. The molecule has 3 aromatic rings. The highest BCUT2D eigenvalue weighted by molar-refractivity contribution is 7.98. The van der Waals surface area contributed by atoms with Gasteiger partial charge in [-0.15, -0.1) is 11.8 Å². The number of piperidine rings is 1. The molecule has 0 saturated carbocycles. The molecule has 36 heavy (non-hydrogen) atoms. The lowest BCUT2D eigenvalue weighted by atomic mass is 9.90. The van der Waals surface area contributed by atoms with Gasteiger partial charge in [0, 0.05) is 60.9 Å². The molecule has 0 unspecified atom stereocenters. The quantitative estimate of drug-likeness (QED) is 0.285. The first-order chi connectivity index (χ1) is 17.8. The summed E-state index contributed by atoms with van der Waals surface area (Å²) in [5.41, 5.74) is 6.85. The molecular formula is C31H35N3OS. The number of carbonyl (C=O) groups excluding carboxylic acids is 1. The average Bonchev–Trinajstić information content (AvgIpc) is 3.12. The molecule has 2 aliphatic rings. The number of nitrogens with zero attached hydrogens (tertiary/aromatic N) is 2. The van der Waals surface area contributed by atoms with Crippen LogP contribution < -0.4 is 10.2 Å². The van der Waals surface area contributed by atoms with Crippen molar-refractivity contribution < 1.29 is 4.79 Å². The lowest BCUT2D eigenvalue weighted by molar-refractivity contribution is -0.116. The molecule has 1 saturated heterocycles. The van der Waals surface area contributed by atoms with Gasteiger partial charge in [0.2, 0.25) is 5.91 Å². The molecule has 2 aliphatic heterocycles.